The standard InChI is InChI=1S/C16H21BrO4/c1-4-21-15(20)16(14(18)19,9-11(2)3)10-12-6-5-7-13(17)8-12/h5-8,11H,4,9-10H2,1-3H3,(H,18,19). The van der Waals surface area contributed by atoms with Crippen molar-refractivity contribution in [3.05, 3.63) is 34.3 Å². The Bertz CT molecular complexity index is 513. The second-order valence-corrected chi connectivity index (χ2v) is 6.43. The van der Waals surface area contributed by atoms with Gasteiger partial charge in [-0.25, -0.2) is 0 Å². The molecule has 0 saturated carbocycles. The number of aliphatic carboxylic acids is 1. The molecule has 1 N–H and O–H groups in total. The van der Waals surface area contributed by atoms with Gasteiger partial charge in [0, 0.05) is 4.47 Å². The van der Waals surface area contributed by atoms with Crippen molar-refractivity contribution in [2.45, 2.75) is 33.6 Å². The molecule has 0 radical (unpaired) electrons. The van der Waals surface area contributed by atoms with E-state index in [4.69, 9.17) is 4.74 Å². The molecule has 1 rings (SSSR count). The third kappa shape index (κ3) is 4.56. The fourth-order valence-corrected chi connectivity index (χ4v) is 2.89. The molecular formula is C16H21BrO4. The second kappa shape index (κ2) is 7.59. The molecule has 0 saturated heterocycles. The molecule has 0 fully saturated rings. The number of halogens is 1. The highest BCUT2D eigenvalue weighted by molar-refractivity contribution is 9.10. The van der Waals surface area contributed by atoms with E-state index in [0.717, 1.165) is 10.0 Å². The molecule has 4 nitrogen and oxygen atoms in total. The fourth-order valence-electron chi connectivity index (χ4n) is 2.44. The summed E-state index contributed by atoms with van der Waals surface area (Å²) < 4.78 is 5.89. The second-order valence-electron chi connectivity index (χ2n) is 5.51. The van der Waals surface area contributed by atoms with Crippen molar-refractivity contribution >= 4 is 27.9 Å². The lowest BCUT2D eigenvalue weighted by molar-refractivity contribution is -0.170. The van der Waals surface area contributed by atoms with Gasteiger partial charge < -0.3 is 9.84 Å². The van der Waals surface area contributed by atoms with Gasteiger partial charge in [0.15, 0.2) is 5.41 Å². The lowest BCUT2D eigenvalue weighted by Gasteiger charge is -2.29. The molecule has 1 aromatic rings. The minimum Gasteiger partial charge on any atom is -0.480 e. The van der Waals surface area contributed by atoms with E-state index >= 15 is 0 Å². The van der Waals surface area contributed by atoms with Gasteiger partial charge in [-0.2, -0.15) is 0 Å². The predicted octanol–water partition coefficient (Wildman–Crippen LogP) is 3.67. The van der Waals surface area contributed by atoms with E-state index in [0.29, 0.717) is 0 Å². The van der Waals surface area contributed by atoms with Crippen molar-refractivity contribution < 1.29 is 19.4 Å². The van der Waals surface area contributed by atoms with Crippen LogP contribution in [0.1, 0.15) is 32.8 Å². The predicted molar refractivity (Wildman–Crippen MR) is 84.0 cm³/mol. The quantitative estimate of drug-likeness (QED) is 0.597. The number of ether oxygens (including phenoxy) is 1. The number of hydrogen-bond donors (Lipinski definition) is 1. The van der Waals surface area contributed by atoms with Crippen LogP contribution in [0.15, 0.2) is 28.7 Å². The summed E-state index contributed by atoms with van der Waals surface area (Å²) in [7, 11) is 0. The first-order valence-corrected chi connectivity index (χ1v) is 7.76. The van der Waals surface area contributed by atoms with E-state index in [1.807, 2.05) is 38.1 Å². The van der Waals surface area contributed by atoms with E-state index in [2.05, 4.69) is 15.9 Å². The number of rotatable bonds is 7. The van der Waals surface area contributed by atoms with Gasteiger partial charge in [-0.3, -0.25) is 9.59 Å². The summed E-state index contributed by atoms with van der Waals surface area (Å²) in [6, 6.07) is 7.34. The Labute approximate surface area is 133 Å². The van der Waals surface area contributed by atoms with Gasteiger partial charge in [0.25, 0.3) is 0 Å². The molecular weight excluding hydrogens is 336 g/mol. The first kappa shape index (κ1) is 17.7. The number of carboxylic acids is 1. The number of esters is 1. The Morgan fingerprint density at radius 1 is 1.38 bits per heavy atom. The molecule has 0 aliphatic carbocycles. The SMILES string of the molecule is CCOC(=O)C(Cc1cccc(Br)c1)(CC(C)C)C(=O)O. The summed E-state index contributed by atoms with van der Waals surface area (Å²) in [4.78, 5) is 24.2. The van der Waals surface area contributed by atoms with Crippen LogP contribution in [0.4, 0.5) is 0 Å². The van der Waals surface area contributed by atoms with Crippen LogP contribution in [-0.4, -0.2) is 23.7 Å². The summed E-state index contributed by atoms with van der Waals surface area (Å²) in [6.45, 7) is 5.65. The van der Waals surface area contributed by atoms with Crippen LogP contribution in [0.5, 0.6) is 0 Å². The maximum Gasteiger partial charge on any atom is 0.323 e. The summed E-state index contributed by atoms with van der Waals surface area (Å²) in [5.74, 6) is -1.72. The van der Waals surface area contributed by atoms with Crippen molar-refractivity contribution in [1.82, 2.24) is 0 Å². The van der Waals surface area contributed by atoms with Crippen LogP contribution < -0.4 is 0 Å². The van der Waals surface area contributed by atoms with Crippen molar-refractivity contribution in [2.75, 3.05) is 6.61 Å². The van der Waals surface area contributed by atoms with E-state index in [-0.39, 0.29) is 25.4 Å². The Morgan fingerprint density at radius 2 is 2.05 bits per heavy atom. The molecule has 1 atom stereocenters. The highest BCUT2D eigenvalue weighted by Crippen LogP contribution is 2.33. The average Bonchev–Trinajstić information content (AvgIpc) is 2.37. The molecule has 1 aromatic carbocycles. The number of carbonyl (C=O) groups excluding carboxylic acids is 1. The highest BCUT2D eigenvalue weighted by atomic mass is 79.9. The third-order valence-corrected chi connectivity index (χ3v) is 3.72. The van der Waals surface area contributed by atoms with Crippen LogP contribution in [-0.2, 0) is 20.7 Å². The lowest BCUT2D eigenvalue weighted by atomic mass is 9.75. The minimum absolute atomic E-state index is 0.0673. The highest BCUT2D eigenvalue weighted by Gasteiger charge is 2.48. The normalized spacial score (nSPS) is 13.8. The summed E-state index contributed by atoms with van der Waals surface area (Å²) >= 11 is 3.36. The Kier molecular flexibility index (Phi) is 6.40. The van der Waals surface area contributed by atoms with Crippen LogP contribution in [0.2, 0.25) is 0 Å². The molecule has 0 aromatic heterocycles. The maximum absolute atomic E-state index is 12.3. The smallest absolute Gasteiger partial charge is 0.323 e. The van der Waals surface area contributed by atoms with Crippen LogP contribution in [0.3, 0.4) is 0 Å². The summed E-state index contributed by atoms with van der Waals surface area (Å²) in [6.07, 6.45) is 0.368. The van der Waals surface area contributed by atoms with Crippen LogP contribution in [0.25, 0.3) is 0 Å². The number of benzene rings is 1. The molecule has 0 spiro atoms. The van der Waals surface area contributed by atoms with Crippen LogP contribution in [0, 0.1) is 11.3 Å². The van der Waals surface area contributed by atoms with Crippen LogP contribution >= 0.6 is 15.9 Å². The molecule has 5 heteroatoms. The Morgan fingerprint density at radius 3 is 2.52 bits per heavy atom. The van der Waals surface area contributed by atoms with E-state index in [1.165, 1.54) is 0 Å². The molecule has 0 aliphatic heterocycles. The van der Waals surface area contributed by atoms with Crippen molar-refractivity contribution in [2.24, 2.45) is 11.3 Å². The molecule has 0 amide bonds. The number of carboxylic acid groups (broad SMARTS) is 1. The molecule has 0 heterocycles. The topological polar surface area (TPSA) is 63.6 Å². The third-order valence-electron chi connectivity index (χ3n) is 3.23. The zero-order chi connectivity index (χ0) is 16.0. The average molecular weight is 357 g/mol. The van der Waals surface area contributed by atoms with Crippen molar-refractivity contribution in [3.63, 3.8) is 0 Å². The van der Waals surface area contributed by atoms with E-state index in [1.54, 1.807) is 6.92 Å². The van der Waals surface area contributed by atoms with Gasteiger partial charge in [-0.1, -0.05) is 41.9 Å². The molecule has 1 unspecified atom stereocenters. The van der Waals surface area contributed by atoms with E-state index < -0.39 is 17.4 Å². The van der Waals surface area contributed by atoms with Gasteiger partial charge in [0.2, 0.25) is 0 Å². The summed E-state index contributed by atoms with van der Waals surface area (Å²) in [5.41, 5.74) is -0.745. The first-order chi connectivity index (χ1) is 9.81. The Balaban J connectivity index is 3.21. The monoisotopic (exact) mass is 356 g/mol. The molecule has 0 bridgehead atoms. The number of carbonyl (C=O) groups is 2. The lowest BCUT2D eigenvalue weighted by Crippen LogP contribution is -2.43. The fraction of sp³-hybridized carbons (Fsp3) is 0.500. The largest absolute Gasteiger partial charge is 0.480 e. The Hall–Kier alpha value is -1.36. The van der Waals surface area contributed by atoms with Gasteiger partial charge in [0.1, 0.15) is 0 Å². The van der Waals surface area contributed by atoms with Gasteiger partial charge in [0.05, 0.1) is 6.61 Å². The van der Waals surface area contributed by atoms with Crippen molar-refractivity contribution in [3.8, 4) is 0 Å². The van der Waals surface area contributed by atoms with Crippen molar-refractivity contribution in [1.29, 1.82) is 0 Å². The molecule has 0 aliphatic rings. The zero-order valence-corrected chi connectivity index (χ0v) is 14.1. The number of hydrogen-bond acceptors (Lipinski definition) is 3. The van der Waals surface area contributed by atoms with Gasteiger partial charge in [-0.05, 0) is 43.4 Å². The minimum atomic E-state index is -1.54. The first-order valence-electron chi connectivity index (χ1n) is 6.97. The van der Waals surface area contributed by atoms with Gasteiger partial charge >= 0.3 is 11.9 Å². The van der Waals surface area contributed by atoms with E-state index in [9.17, 15) is 14.7 Å². The van der Waals surface area contributed by atoms with Gasteiger partial charge in [-0.15, -0.1) is 0 Å². The molecule has 21 heavy (non-hydrogen) atoms. The zero-order valence-electron chi connectivity index (χ0n) is 12.6. The summed E-state index contributed by atoms with van der Waals surface area (Å²) in [5, 5.41) is 9.69. The molecule has 116 valence electrons. The maximum atomic E-state index is 12.3.